The topological polar surface area (TPSA) is 52.3 Å². The summed E-state index contributed by atoms with van der Waals surface area (Å²) in [7, 11) is 4.04. The predicted octanol–water partition coefficient (Wildman–Crippen LogP) is 3.56. The van der Waals surface area contributed by atoms with E-state index >= 15 is 0 Å². The Kier molecular flexibility index (Phi) is 14.8. The van der Waals surface area contributed by atoms with Crippen molar-refractivity contribution in [2.45, 2.75) is 13.0 Å². The Labute approximate surface area is 200 Å². The van der Waals surface area contributed by atoms with Crippen molar-refractivity contribution in [3.8, 4) is 0 Å². The predicted molar refractivity (Wildman–Crippen MR) is 128 cm³/mol. The summed E-state index contributed by atoms with van der Waals surface area (Å²) in [5.41, 5.74) is 5.22. The van der Waals surface area contributed by atoms with Gasteiger partial charge in [0.1, 0.15) is 0 Å². The first-order valence-corrected chi connectivity index (χ1v) is 13.2. The summed E-state index contributed by atoms with van der Waals surface area (Å²) in [6.07, 6.45) is 0. The molecule has 1 atom stereocenters. The van der Waals surface area contributed by atoms with Crippen LogP contribution in [0.5, 0.6) is 0 Å². The molecule has 0 fully saturated rings. The number of benzene rings is 3. The van der Waals surface area contributed by atoms with Gasteiger partial charge in [-0.25, -0.2) is 0 Å². The molecule has 3 aromatic rings. The molecule has 0 aliphatic carbocycles. The van der Waals surface area contributed by atoms with E-state index in [1.165, 1.54) is 15.9 Å². The molecule has 162 valence electrons. The summed E-state index contributed by atoms with van der Waals surface area (Å²) in [5, 5.41) is 4.19. The van der Waals surface area contributed by atoms with Gasteiger partial charge in [-0.05, 0) is 30.8 Å². The minimum Gasteiger partial charge on any atom is -0.0622 e. The third-order valence-corrected chi connectivity index (χ3v) is 6.61. The summed E-state index contributed by atoms with van der Waals surface area (Å²) in [4.78, 5) is 10.6. The fourth-order valence-electron chi connectivity index (χ4n) is 2.50. The zero-order valence-electron chi connectivity index (χ0n) is 16.6. The minimum absolute atomic E-state index is 0.221. The third kappa shape index (κ3) is 9.31. The largest absolute Gasteiger partial charge is 0.0622 e. The van der Waals surface area contributed by atoms with Crippen LogP contribution >= 0.6 is 17.5 Å². The van der Waals surface area contributed by atoms with E-state index in [1.807, 2.05) is 0 Å². The molecule has 7 heteroatoms. The third-order valence-electron chi connectivity index (χ3n) is 3.81. The minimum atomic E-state index is -0.625. The monoisotopic (exact) mass is 551 g/mol. The van der Waals surface area contributed by atoms with E-state index in [0.717, 1.165) is 0 Å². The Morgan fingerprint density at radius 1 is 0.900 bits per heavy atom. The van der Waals surface area contributed by atoms with Gasteiger partial charge in [-0.3, -0.25) is 4.79 Å². The van der Waals surface area contributed by atoms with Crippen LogP contribution in [-0.4, -0.2) is 24.4 Å². The summed E-state index contributed by atoms with van der Waals surface area (Å²) in [5.74, 6) is -0.189. The number of carbonyl (C=O) groups is 1. The molecule has 0 aromatic heterocycles. The number of hydrogen-bond acceptors (Lipinski definition) is 4. The number of rotatable bonds is 6. The van der Waals surface area contributed by atoms with Crippen LogP contribution in [-0.2, 0) is 40.3 Å². The van der Waals surface area contributed by atoms with Gasteiger partial charge in [-0.1, -0.05) is 91.0 Å². The average Bonchev–Trinajstić information content (AvgIpc) is 2.83. The van der Waals surface area contributed by atoms with Gasteiger partial charge in [-0.15, -0.1) is 0 Å². The normalized spacial score (nSPS) is 10.8. The molecular formula is C23H25ClNO2PPdS. The molecule has 0 aliphatic heterocycles. The molecule has 3 nitrogen and oxygen atoms in total. The summed E-state index contributed by atoms with van der Waals surface area (Å²) < 4.78 is 4.56. The Balaban J connectivity index is 0.000000349. The Bertz CT molecular complexity index is 734. The second-order valence-electron chi connectivity index (χ2n) is 5.87. The van der Waals surface area contributed by atoms with Crippen molar-refractivity contribution < 1.29 is 27.7 Å². The van der Waals surface area contributed by atoms with E-state index in [1.54, 1.807) is 6.92 Å². The Morgan fingerprint density at radius 2 is 1.23 bits per heavy atom. The fourth-order valence-corrected chi connectivity index (χ4v) is 4.94. The van der Waals surface area contributed by atoms with Crippen molar-refractivity contribution in [1.29, 1.82) is 0 Å². The van der Waals surface area contributed by atoms with E-state index < -0.39 is 19.9 Å². The van der Waals surface area contributed by atoms with Crippen molar-refractivity contribution in [3.63, 3.8) is 0 Å². The second-order valence-corrected chi connectivity index (χ2v) is 8.42. The average molecular weight is 552 g/mol. The number of hydrogen-bond donors (Lipinski definition) is 1. The molecule has 0 saturated carbocycles. The van der Waals surface area contributed by atoms with Gasteiger partial charge in [-0.2, -0.15) is 5.75 Å². The van der Waals surface area contributed by atoms with Crippen molar-refractivity contribution in [3.05, 3.63) is 91.0 Å². The van der Waals surface area contributed by atoms with Gasteiger partial charge in [0.05, 0.1) is 12.6 Å². The van der Waals surface area contributed by atoms with E-state index in [4.69, 9.17) is 5.73 Å². The van der Waals surface area contributed by atoms with Gasteiger partial charge in [0.2, 0.25) is 0 Å². The van der Waals surface area contributed by atoms with Crippen LogP contribution < -0.4 is 21.6 Å². The maximum Gasteiger partial charge on any atom is -0.0134 e. The Hall–Kier alpha value is -1.18. The number of esters is 1. The van der Waals surface area contributed by atoms with Crippen LogP contribution in [0.3, 0.4) is 0 Å². The molecule has 3 rings (SSSR count). The van der Waals surface area contributed by atoms with E-state index in [2.05, 4.69) is 136 Å². The molecule has 0 unspecified atom stereocenters. The van der Waals surface area contributed by atoms with Gasteiger partial charge >= 0.3 is 33.7 Å². The Morgan fingerprint density at radius 3 is 1.50 bits per heavy atom. The van der Waals surface area contributed by atoms with Crippen molar-refractivity contribution in [1.82, 2.24) is 0 Å². The first-order valence-electron chi connectivity index (χ1n) is 9.25. The first kappa shape index (κ1) is 26.9. The van der Waals surface area contributed by atoms with E-state index in [-0.39, 0.29) is 5.75 Å². The molecule has 0 spiro atoms. The van der Waals surface area contributed by atoms with E-state index in [0.29, 0.717) is 6.61 Å². The molecule has 0 saturated heterocycles. The smallest absolute Gasteiger partial charge is 0.0134 e. The van der Waals surface area contributed by atoms with Gasteiger partial charge in [0.15, 0.2) is 0 Å². The second kappa shape index (κ2) is 16.5. The maximum atomic E-state index is 10.6. The molecule has 0 bridgehead atoms. The van der Waals surface area contributed by atoms with Crippen LogP contribution in [0, 0.1) is 0 Å². The van der Waals surface area contributed by atoms with Crippen molar-refractivity contribution >= 4 is 52.0 Å². The van der Waals surface area contributed by atoms with Crippen LogP contribution in [0.2, 0.25) is 0 Å². The molecule has 3 aromatic carbocycles. The van der Waals surface area contributed by atoms with E-state index in [9.17, 15) is 4.79 Å². The number of halogens is 1. The maximum absolute atomic E-state index is 10.6. The molecule has 0 amide bonds. The first-order chi connectivity index (χ1) is 14.7. The van der Waals surface area contributed by atoms with Crippen molar-refractivity contribution in [2.75, 3.05) is 12.4 Å². The van der Waals surface area contributed by atoms with Crippen LogP contribution in [0.25, 0.3) is 0 Å². The summed E-state index contributed by atoms with van der Waals surface area (Å²) in [6, 6.07) is 31.7. The van der Waals surface area contributed by atoms with Crippen LogP contribution in [0.15, 0.2) is 91.0 Å². The van der Waals surface area contributed by atoms with Gasteiger partial charge in [0.25, 0.3) is 0 Å². The molecule has 30 heavy (non-hydrogen) atoms. The molecule has 0 radical (unpaired) electrons. The quantitative estimate of drug-likeness (QED) is 0.220. The molecule has 0 aliphatic rings. The molecule has 0 heterocycles. The van der Waals surface area contributed by atoms with Crippen LogP contribution in [0.4, 0.5) is 0 Å². The fraction of sp³-hybridized carbons (Fsp3) is 0.174. The number of nitrogens with two attached hydrogens (primary N) is 1. The number of carbonyl (C=O) groups excluding carboxylic acids is 1. The summed E-state index contributed by atoms with van der Waals surface area (Å²) in [6.45, 7) is 2.09. The SMILES string of the molecule is CCOC(=O)[C@@H](N)C[S-].[Cl][Pd+].c1ccc(P(c2ccccc2)c2ccccc2)cc1. The summed E-state index contributed by atoms with van der Waals surface area (Å²) >= 11 is 6.76. The molecule has 2 N–H and O–H groups in total. The number of ether oxygens (including phenoxy) is 1. The molecular weight excluding hydrogens is 527 g/mol. The zero-order valence-corrected chi connectivity index (χ0v) is 20.6. The van der Waals surface area contributed by atoms with Gasteiger partial charge in [0, 0.05) is 0 Å². The zero-order chi connectivity index (χ0) is 22.2. The van der Waals surface area contributed by atoms with Crippen LogP contribution in [0.1, 0.15) is 6.92 Å². The standard InChI is InChI=1S/C18H15P.C5H11NO2S.ClH.Pd/c1-4-10-16(11-5-1)19(17-12-6-2-7-13-17)18-14-8-3-9-15-18;1-2-8-5(7)4(6)3-9;;/h1-15H;4,9H,2-3,6H2,1H3;1H;/q;;;+2/p-2/t;4-;;/m.0../s1. The van der Waals surface area contributed by atoms with Crippen molar-refractivity contribution in [2.24, 2.45) is 5.73 Å². The van der Waals surface area contributed by atoms with Gasteiger partial charge < -0.3 is 23.1 Å².